The molecule has 0 fully saturated rings. The number of nitrogens with zero attached hydrogens (tertiary/aromatic N) is 1. The summed E-state index contributed by atoms with van der Waals surface area (Å²) in [5.41, 5.74) is 8.87. The highest BCUT2D eigenvalue weighted by Gasteiger charge is 2.45. The van der Waals surface area contributed by atoms with Crippen LogP contribution in [0.1, 0.15) is 25.1 Å². The van der Waals surface area contributed by atoms with Crippen molar-refractivity contribution < 1.29 is 4.57 Å². The van der Waals surface area contributed by atoms with Crippen LogP contribution in [-0.4, -0.2) is 0 Å². The Morgan fingerprint density at radius 1 is 0.679 bits per heavy atom. The quantitative estimate of drug-likeness (QED) is 0.314. The molecule has 0 N–H and O–H groups in total. The lowest BCUT2D eigenvalue weighted by Gasteiger charge is -2.15. The van der Waals surface area contributed by atoms with Crippen molar-refractivity contribution in [1.82, 2.24) is 0 Å². The summed E-state index contributed by atoms with van der Waals surface area (Å²) in [6, 6.07) is 32.7. The zero-order valence-electron chi connectivity index (χ0n) is 16.0. The molecule has 0 aliphatic carbocycles. The number of hydrogen-bond donors (Lipinski definition) is 0. The number of rotatable bonds is 2. The highest BCUT2D eigenvalue weighted by atomic mass is 79.9. The van der Waals surface area contributed by atoms with Gasteiger partial charge in [-0.15, -0.1) is 0 Å². The molecule has 0 saturated heterocycles. The van der Waals surface area contributed by atoms with Crippen molar-refractivity contribution in [3.05, 3.63) is 107 Å². The van der Waals surface area contributed by atoms with Gasteiger partial charge in [0.15, 0.2) is 5.69 Å². The van der Waals surface area contributed by atoms with Gasteiger partial charge in [-0.1, -0.05) is 64.5 Å². The number of benzene rings is 3. The Bertz CT molecular complexity index is 1170. The maximum Gasteiger partial charge on any atom is 0.219 e. The Kier molecular flexibility index (Phi) is 3.99. The average Bonchev–Trinajstić information content (AvgIpc) is 2.96. The van der Waals surface area contributed by atoms with Gasteiger partial charge < -0.3 is 0 Å². The highest BCUT2D eigenvalue weighted by Crippen LogP contribution is 2.41. The van der Waals surface area contributed by atoms with Crippen molar-refractivity contribution in [2.24, 2.45) is 0 Å². The van der Waals surface area contributed by atoms with E-state index >= 15 is 0 Å². The second-order valence-electron chi connectivity index (χ2n) is 7.86. The molecule has 1 aliphatic rings. The molecular formula is C26H21BrN+. The van der Waals surface area contributed by atoms with E-state index in [0.717, 1.165) is 4.47 Å². The van der Waals surface area contributed by atoms with Crippen LogP contribution in [0.3, 0.4) is 0 Å². The Morgan fingerprint density at radius 3 is 2.11 bits per heavy atom. The van der Waals surface area contributed by atoms with Crippen LogP contribution in [-0.2, 0) is 5.41 Å². The first-order chi connectivity index (χ1) is 13.6. The van der Waals surface area contributed by atoms with Crippen molar-refractivity contribution in [2.45, 2.75) is 19.3 Å². The van der Waals surface area contributed by atoms with Crippen LogP contribution >= 0.6 is 15.9 Å². The number of para-hydroxylation sites is 1. The number of fused-ring (bicyclic) bond motifs is 3. The zero-order valence-corrected chi connectivity index (χ0v) is 17.6. The van der Waals surface area contributed by atoms with E-state index in [0.29, 0.717) is 0 Å². The Morgan fingerprint density at radius 2 is 1.36 bits per heavy atom. The zero-order chi connectivity index (χ0) is 19.3. The fourth-order valence-electron chi connectivity index (χ4n) is 4.28. The highest BCUT2D eigenvalue weighted by molar-refractivity contribution is 9.10. The van der Waals surface area contributed by atoms with Gasteiger partial charge in [0, 0.05) is 33.8 Å². The molecule has 3 aromatic carbocycles. The van der Waals surface area contributed by atoms with Gasteiger partial charge in [0.05, 0.1) is 5.41 Å². The third-order valence-electron chi connectivity index (χ3n) is 5.77. The Hall–Kier alpha value is -2.71. The fourth-order valence-corrected chi connectivity index (χ4v) is 4.54. The van der Waals surface area contributed by atoms with Gasteiger partial charge in [-0.2, -0.15) is 4.57 Å². The van der Waals surface area contributed by atoms with Gasteiger partial charge in [0.2, 0.25) is 11.4 Å². The summed E-state index contributed by atoms with van der Waals surface area (Å²) in [4.78, 5) is 0. The lowest BCUT2D eigenvalue weighted by Crippen LogP contribution is -2.37. The van der Waals surface area contributed by atoms with Crippen LogP contribution in [0.15, 0.2) is 95.5 Å². The lowest BCUT2D eigenvalue weighted by molar-refractivity contribution is -0.588. The van der Waals surface area contributed by atoms with E-state index in [9.17, 15) is 0 Å². The molecule has 0 unspecified atom stereocenters. The molecule has 1 aliphatic heterocycles. The first-order valence-corrected chi connectivity index (χ1v) is 10.4. The van der Waals surface area contributed by atoms with Gasteiger partial charge >= 0.3 is 0 Å². The molecule has 0 amide bonds. The van der Waals surface area contributed by atoms with Crippen molar-refractivity contribution in [3.8, 4) is 28.1 Å². The molecule has 2 heterocycles. The normalized spacial score (nSPS) is 13.8. The van der Waals surface area contributed by atoms with E-state index in [1.165, 1.54) is 39.3 Å². The smallest absolute Gasteiger partial charge is 0.156 e. The standard InChI is InChI=1S/C26H21BrN/c1-26(2)22-10-6-7-11-23(22)28-24(19-12-14-21(27)15-13-19)16-20(17-25(26)28)18-8-4-3-5-9-18/h3-17H,1-2H3/q+1. The average molecular weight is 427 g/mol. The lowest BCUT2D eigenvalue weighted by atomic mass is 9.82. The van der Waals surface area contributed by atoms with Gasteiger partial charge in [0.25, 0.3) is 0 Å². The van der Waals surface area contributed by atoms with E-state index < -0.39 is 0 Å². The molecule has 1 nitrogen and oxygen atoms in total. The molecule has 2 heteroatoms. The van der Waals surface area contributed by atoms with Crippen LogP contribution in [0.4, 0.5) is 0 Å². The molecule has 0 bridgehead atoms. The Balaban J connectivity index is 1.86. The summed E-state index contributed by atoms with van der Waals surface area (Å²) in [5.74, 6) is 0. The van der Waals surface area contributed by atoms with E-state index in [2.05, 4.69) is 125 Å². The number of aromatic nitrogens is 1. The van der Waals surface area contributed by atoms with Crippen molar-refractivity contribution >= 4 is 15.9 Å². The van der Waals surface area contributed by atoms with Crippen LogP contribution < -0.4 is 4.57 Å². The van der Waals surface area contributed by atoms with Crippen molar-refractivity contribution in [3.63, 3.8) is 0 Å². The van der Waals surface area contributed by atoms with Crippen LogP contribution in [0, 0.1) is 0 Å². The third-order valence-corrected chi connectivity index (χ3v) is 6.30. The molecule has 1 aromatic heterocycles. The molecule has 0 saturated carbocycles. The van der Waals surface area contributed by atoms with Gasteiger partial charge in [0.1, 0.15) is 0 Å². The summed E-state index contributed by atoms with van der Waals surface area (Å²) < 4.78 is 3.53. The molecule has 28 heavy (non-hydrogen) atoms. The summed E-state index contributed by atoms with van der Waals surface area (Å²) in [6.45, 7) is 4.65. The summed E-state index contributed by atoms with van der Waals surface area (Å²) >= 11 is 3.57. The first-order valence-electron chi connectivity index (χ1n) is 9.57. The largest absolute Gasteiger partial charge is 0.219 e. The maximum absolute atomic E-state index is 3.57. The number of hydrogen-bond acceptors (Lipinski definition) is 0. The predicted octanol–water partition coefficient (Wildman–Crippen LogP) is 6.70. The number of pyridine rings is 1. The first kappa shape index (κ1) is 17.4. The Labute approximate surface area is 174 Å². The number of halogens is 1. The second kappa shape index (κ2) is 6.42. The van der Waals surface area contributed by atoms with Gasteiger partial charge in [-0.05, 0) is 49.2 Å². The predicted molar refractivity (Wildman–Crippen MR) is 119 cm³/mol. The summed E-state index contributed by atoms with van der Waals surface area (Å²) in [7, 11) is 0. The van der Waals surface area contributed by atoms with Crippen molar-refractivity contribution in [2.75, 3.05) is 0 Å². The minimum absolute atomic E-state index is 0.0501. The molecule has 0 atom stereocenters. The van der Waals surface area contributed by atoms with Crippen molar-refractivity contribution in [1.29, 1.82) is 0 Å². The summed E-state index contributed by atoms with van der Waals surface area (Å²) in [5, 5.41) is 0. The van der Waals surface area contributed by atoms with Crippen LogP contribution in [0.2, 0.25) is 0 Å². The third kappa shape index (κ3) is 2.63. The minimum Gasteiger partial charge on any atom is -0.156 e. The topological polar surface area (TPSA) is 3.88 Å². The van der Waals surface area contributed by atoms with Gasteiger partial charge in [-0.3, -0.25) is 0 Å². The molecular weight excluding hydrogens is 406 g/mol. The SMILES string of the molecule is CC1(C)c2ccccc2-[n+]2c(-c3ccc(Br)cc3)cc(-c3ccccc3)cc21. The maximum atomic E-state index is 3.57. The molecule has 136 valence electrons. The van der Waals surface area contributed by atoms with Crippen LogP contribution in [0.5, 0.6) is 0 Å². The van der Waals surface area contributed by atoms with Gasteiger partial charge in [-0.25, -0.2) is 0 Å². The molecule has 0 radical (unpaired) electrons. The van der Waals surface area contributed by atoms with E-state index in [-0.39, 0.29) is 5.41 Å². The summed E-state index contributed by atoms with van der Waals surface area (Å²) in [6.07, 6.45) is 0. The monoisotopic (exact) mass is 426 g/mol. The minimum atomic E-state index is -0.0501. The molecule has 4 aromatic rings. The molecule has 0 spiro atoms. The second-order valence-corrected chi connectivity index (χ2v) is 8.78. The van der Waals surface area contributed by atoms with E-state index in [4.69, 9.17) is 0 Å². The van der Waals surface area contributed by atoms with Crippen LogP contribution in [0.25, 0.3) is 28.1 Å². The van der Waals surface area contributed by atoms with E-state index in [1.54, 1.807) is 0 Å². The molecule has 5 rings (SSSR count). The fraction of sp³-hybridized carbons (Fsp3) is 0.115. The van der Waals surface area contributed by atoms with E-state index in [1.807, 2.05) is 0 Å².